The fraction of sp³-hybridized carbons (Fsp3) is 0.909. The Kier molecular flexibility index (Phi) is 6.54. The van der Waals surface area contributed by atoms with Crippen LogP contribution in [0.5, 0.6) is 0 Å². The van der Waals surface area contributed by atoms with Crippen LogP contribution in [0.1, 0.15) is 47.0 Å². The Morgan fingerprint density at radius 1 is 1.21 bits per heavy atom. The van der Waals surface area contributed by atoms with Gasteiger partial charge in [0.1, 0.15) is 0 Å². The van der Waals surface area contributed by atoms with E-state index in [2.05, 4.69) is 26.1 Å². The van der Waals surface area contributed by atoms with Gasteiger partial charge in [0.25, 0.3) is 0 Å². The van der Waals surface area contributed by atoms with Crippen molar-refractivity contribution in [2.75, 3.05) is 0 Å². The number of hydrogen-bond donors (Lipinski definition) is 2. The van der Waals surface area contributed by atoms with Crippen molar-refractivity contribution in [3.8, 4) is 0 Å². The molecular formula is C11H24N2O. The molecule has 0 aliphatic heterocycles. The first-order valence-electron chi connectivity index (χ1n) is 5.62. The first-order chi connectivity index (χ1) is 6.56. The third-order valence-electron chi connectivity index (χ3n) is 2.90. The lowest BCUT2D eigenvalue weighted by Crippen LogP contribution is -2.46. The molecule has 84 valence electrons. The van der Waals surface area contributed by atoms with Gasteiger partial charge in [0, 0.05) is 6.04 Å². The molecule has 0 fully saturated rings. The third-order valence-corrected chi connectivity index (χ3v) is 2.90. The number of hydrogen-bond acceptors (Lipinski definition) is 2. The zero-order chi connectivity index (χ0) is 11.1. The predicted molar refractivity (Wildman–Crippen MR) is 59.9 cm³/mol. The predicted octanol–water partition coefficient (Wildman–Crippen LogP) is 1.66. The minimum atomic E-state index is -0.355. The number of carbonyl (C=O) groups is 1. The van der Waals surface area contributed by atoms with E-state index in [1.165, 1.54) is 0 Å². The van der Waals surface area contributed by atoms with Gasteiger partial charge < -0.3 is 11.1 Å². The summed E-state index contributed by atoms with van der Waals surface area (Å²) >= 11 is 0. The van der Waals surface area contributed by atoms with Crippen LogP contribution in [-0.2, 0) is 4.79 Å². The molecule has 0 bridgehead atoms. The van der Waals surface area contributed by atoms with Crippen LogP contribution >= 0.6 is 0 Å². The number of nitrogens with two attached hydrogens (primary N) is 1. The molecule has 0 spiro atoms. The van der Waals surface area contributed by atoms with E-state index in [1.54, 1.807) is 0 Å². The molecule has 0 saturated heterocycles. The van der Waals surface area contributed by atoms with E-state index in [0.717, 1.165) is 12.8 Å². The highest BCUT2D eigenvalue weighted by Gasteiger charge is 2.18. The second kappa shape index (κ2) is 6.82. The van der Waals surface area contributed by atoms with Crippen LogP contribution in [0.4, 0.5) is 0 Å². The average molecular weight is 200 g/mol. The summed E-state index contributed by atoms with van der Waals surface area (Å²) in [5, 5.41) is 2.97. The first-order valence-corrected chi connectivity index (χ1v) is 5.62. The van der Waals surface area contributed by atoms with E-state index in [1.807, 2.05) is 6.92 Å². The lowest BCUT2D eigenvalue weighted by Gasteiger charge is -2.23. The highest BCUT2D eigenvalue weighted by molar-refractivity contribution is 5.81. The molecule has 0 aliphatic carbocycles. The molecule has 0 rings (SSSR count). The van der Waals surface area contributed by atoms with Crippen LogP contribution in [-0.4, -0.2) is 18.0 Å². The monoisotopic (exact) mass is 200 g/mol. The zero-order valence-corrected chi connectivity index (χ0v) is 9.84. The molecule has 14 heavy (non-hydrogen) atoms. The molecule has 0 saturated carbocycles. The van der Waals surface area contributed by atoms with Crippen molar-refractivity contribution in [2.45, 2.75) is 59.0 Å². The maximum atomic E-state index is 11.5. The summed E-state index contributed by atoms with van der Waals surface area (Å²) in [6.07, 6.45) is 2.89. The second-order valence-electron chi connectivity index (χ2n) is 3.89. The fourth-order valence-electron chi connectivity index (χ4n) is 1.63. The van der Waals surface area contributed by atoms with Crippen LogP contribution < -0.4 is 11.1 Å². The standard InChI is InChI=1S/C11H24N2O/c1-5-9(6-2)8(4)13-11(14)10(12)7-3/h8-10H,5-7,12H2,1-4H3,(H,13,14)/t8?,10-/m1/s1. The minimum Gasteiger partial charge on any atom is -0.352 e. The maximum Gasteiger partial charge on any atom is 0.237 e. The zero-order valence-electron chi connectivity index (χ0n) is 9.84. The maximum absolute atomic E-state index is 11.5. The van der Waals surface area contributed by atoms with Gasteiger partial charge in [-0.3, -0.25) is 4.79 Å². The van der Waals surface area contributed by atoms with Crippen LogP contribution in [0.25, 0.3) is 0 Å². The summed E-state index contributed by atoms with van der Waals surface area (Å²) < 4.78 is 0. The molecule has 0 heterocycles. The number of carbonyl (C=O) groups excluding carboxylic acids is 1. The van der Waals surface area contributed by atoms with Gasteiger partial charge in [-0.2, -0.15) is 0 Å². The van der Waals surface area contributed by atoms with Crippen molar-refractivity contribution in [1.82, 2.24) is 5.32 Å². The van der Waals surface area contributed by atoms with Gasteiger partial charge >= 0.3 is 0 Å². The molecule has 0 aromatic rings. The number of nitrogens with one attached hydrogen (secondary N) is 1. The van der Waals surface area contributed by atoms with Crippen molar-refractivity contribution >= 4 is 5.91 Å². The molecular weight excluding hydrogens is 176 g/mol. The van der Waals surface area contributed by atoms with Crippen LogP contribution in [0.15, 0.2) is 0 Å². The molecule has 0 aliphatic rings. The lowest BCUT2D eigenvalue weighted by atomic mass is 9.95. The summed E-state index contributed by atoms with van der Waals surface area (Å²) in [6.45, 7) is 8.27. The van der Waals surface area contributed by atoms with Gasteiger partial charge in [-0.1, -0.05) is 33.6 Å². The Hall–Kier alpha value is -0.570. The van der Waals surface area contributed by atoms with Crippen molar-refractivity contribution in [3.63, 3.8) is 0 Å². The van der Waals surface area contributed by atoms with Gasteiger partial charge in [-0.05, 0) is 19.3 Å². The highest BCUT2D eigenvalue weighted by Crippen LogP contribution is 2.12. The van der Waals surface area contributed by atoms with E-state index >= 15 is 0 Å². The van der Waals surface area contributed by atoms with Crippen molar-refractivity contribution < 1.29 is 4.79 Å². The largest absolute Gasteiger partial charge is 0.352 e. The quantitative estimate of drug-likeness (QED) is 0.685. The summed E-state index contributed by atoms with van der Waals surface area (Å²) in [5.74, 6) is 0.537. The normalized spacial score (nSPS) is 15.3. The summed E-state index contributed by atoms with van der Waals surface area (Å²) in [4.78, 5) is 11.5. The SMILES string of the molecule is CCC(CC)C(C)NC(=O)[C@H](N)CC. The van der Waals surface area contributed by atoms with Gasteiger partial charge in [0.2, 0.25) is 5.91 Å². The van der Waals surface area contributed by atoms with Crippen LogP contribution in [0.2, 0.25) is 0 Å². The molecule has 1 amide bonds. The Morgan fingerprint density at radius 3 is 2.07 bits per heavy atom. The smallest absolute Gasteiger partial charge is 0.237 e. The Labute approximate surface area is 87.4 Å². The molecule has 0 aromatic heterocycles. The van der Waals surface area contributed by atoms with Gasteiger partial charge in [-0.25, -0.2) is 0 Å². The van der Waals surface area contributed by atoms with Crippen LogP contribution in [0.3, 0.4) is 0 Å². The first kappa shape index (κ1) is 13.4. The molecule has 2 atom stereocenters. The van der Waals surface area contributed by atoms with Crippen molar-refractivity contribution in [3.05, 3.63) is 0 Å². The van der Waals surface area contributed by atoms with E-state index in [4.69, 9.17) is 5.73 Å². The van der Waals surface area contributed by atoms with Crippen LogP contribution in [0, 0.1) is 5.92 Å². The molecule has 0 radical (unpaired) electrons. The minimum absolute atomic E-state index is 0.0214. The van der Waals surface area contributed by atoms with Gasteiger partial charge in [-0.15, -0.1) is 0 Å². The Bertz CT molecular complexity index is 167. The topological polar surface area (TPSA) is 55.1 Å². The number of amides is 1. The van der Waals surface area contributed by atoms with E-state index in [9.17, 15) is 4.79 Å². The molecule has 3 heteroatoms. The molecule has 1 unspecified atom stereocenters. The van der Waals surface area contributed by atoms with E-state index < -0.39 is 0 Å². The fourth-order valence-corrected chi connectivity index (χ4v) is 1.63. The van der Waals surface area contributed by atoms with Gasteiger partial charge in [0.15, 0.2) is 0 Å². The molecule has 0 aromatic carbocycles. The number of rotatable bonds is 6. The highest BCUT2D eigenvalue weighted by atomic mass is 16.2. The van der Waals surface area contributed by atoms with Gasteiger partial charge in [0.05, 0.1) is 6.04 Å². The van der Waals surface area contributed by atoms with E-state index in [-0.39, 0.29) is 18.0 Å². The molecule has 3 N–H and O–H groups in total. The average Bonchev–Trinajstić information content (AvgIpc) is 2.18. The third kappa shape index (κ3) is 4.09. The Morgan fingerprint density at radius 2 is 1.71 bits per heavy atom. The van der Waals surface area contributed by atoms with Crippen molar-refractivity contribution in [2.24, 2.45) is 11.7 Å². The summed E-state index contributed by atoms with van der Waals surface area (Å²) in [7, 11) is 0. The summed E-state index contributed by atoms with van der Waals surface area (Å²) in [6, 6.07) is -0.123. The second-order valence-corrected chi connectivity index (χ2v) is 3.89. The molecule has 3 nitrogen and oxygen atoms in total. The Balaban J connectivity index is 4.03. The summed E-state index contributed by atoms with van der Waals surface area (Å²) in [5.41, 5.74) is 5.64. The van der Waals surface area contributed by atoms with Crippen molar-refractivity contribution in [1.29, 1.82) is 0 Å². The van der Waals surface area contributed by atoms with E-state index in [0.29, 0.717) is 12.3 Å². The lowest BCUT2D eigenvalue weighted by molar-refractivity contribution is -0.123.